The van der Waals surface area contributed by atoms with Crippen molar-refractivity contribution in [2.45, 2.75) is 11.8 Å². The van der Waals surface area contributed by atoms with E-state index in [1.807, 2.05) is 60.0 Å². The van der Waals surface area contributed by atoms with Gasteiger partial charge in [-0.15, -0.1) is 0 Å². The molecule has 0 N–H and O–H groups in total. The Labute approximate surface area is 214 Å². The summed E-state index contributed by atoms with van der Waals surface area (Å²) in [5, 5.41) is 2.65. The smallest absolute Gasteiger partial charge is 0.268 e. The second kappa shape index (κ2) is 7.57. The topological polar surface area (TPSA) is 44.0 Å². The maximum atomic E-state index is 13.9. The van der Waals surface area contributed by atoms with Gasteiger partial charge in [-0.25, -0.2) is 12.4 Å². The van der Waals surface area contributed by atoms with E-state index < -0.39 is 10.0 Å². The van der Waals surface area contributed by atoms with E-state index in [2.05, 4.69) is 0 Å². The molecule has 0 radical (unpaired) electrons. The van der Waals surface area contributed by atoms with Crippen LogP contribution in [0.1, 0.15) is 11.0 Å². The highest BCUT2D eigenvalue weighted by Gasteiger charge is 2.23. The Morgan fingerprint density at radius 3 is 2.06 bits per heavy atom. The van der Waals surface area contributed by atoms with Crippen molar-refractivity contribution in [1.29, 1.82) is 0 Å². The van der Waals surface area contributed by atoms with Crippen molar-refractivity contribution in [3.05, 3.63) is 121 Å². The van der Waals surface area contributed by atoms with Gasteiger partial charge in [0.05, 0.1) is 32.4 Å². The van der Waals surface area contributed by atoms with Crippen molar-refractivity contribution < 1.29 is 13.9 Å². The molecule has 5 aromatic carbocycles. The average molecular weight is 491 g/mol. The fraction of sp³-hybridized carbons (Fsp3) is 0.0323. The maximum absolute atomic E-state index is 13.9. The van der Waals surface area contributed by atoms with Gasteiger partial charge in [-0.05, 0) is 55.4 Å². The Morgan fingerprint density at radius 1 is 0.639 bits per heavy atom. The van der Waals surface area contributed by atoms with E-state index in [0.717, 1.165) is 21.9 Å². The van der Waals surface area contributed by atoms with Crippen LogP contribution in [0.25, 0.3) is 49.3 Å². The molecule has 174 valence electrons. The lowest BCUT2D eigenvalue weighted by Gasteiger charge is -2.11. The van der Waals surface area contributed by atoms with Crippen LogP contribution in [-0.2, 0) is 10.0 Å². The first-order chi connectivity index (χ1) is 19.2. The zero-order chi connectivity index (χ0) is 27.9. The molecule has 0 atom stereocenters. The zero-order valence-electron chi connectivity index (χ0n) is 23.3. The van der Waals surface area contributed by atoms with E-state index in [9.17, 15) is 8.42 Å². The zero-order valence-corrected chi connectivity index (χ0v) is 20.1. The Balaban J connectivity index is 1.58. The number of rotatable bonds is 3. The molecule has 0 fully saturated rings. The molecule has 0 spiro atoms. The van der Waals surface area contributed by atoms with Crippen LogP contribution >= 0.6 is 0 Å². The Bertz CT molecular complexity index is 2290. The molecule has 0 bridgehead atoms. The molecule has 7 rings (SSSR count). The van der Waals surface area contributed by atoms with Crippen LogP contribution in [0.2, 0.25) is 0 Å². The molecule has 36 heavy (non-hydrogen) atoms. The van der Waals surface area contributed by atoms with Crippen molar-refractivity contribution in [1.82, 2.24) is 8.54 Å². The summed E-state index contributed by atoms with van der Waals surface area (Å²) in [6, 6.07) is 26.3. The molecule has 7 aromatic rings. The second-order valence-corrected chi connectivity index (χ2v) is 10.7. The summed E-state index contributed by atoms with van der Waals surface area (Å²) < 4.78 is 65.0. The lowest BCUT2D eigenvalue weighted by Crippen LogP contribution is -2.12. The monoisotopic (exact) mass is 490 g/mol. The minimum atomic E-state index is -3.91. The molecule has 0 saturated heterocycles. The summed E-state index contributed by atoms with van der Waals surface area (Å²) in [6.07, 6.45) is 0. The fourth-order valence-electron chi connectivity index (χ4n) is 5.08. The lowest BCUT2D eigenvalue weighted by atomic mass is 10.1. The van der Waals surface area contributed by atoms with E-state index in [1.165, 1.54) is 3.97 Å². The summed E-state index contributed by atoms with van der Waals surface area (Å²) in [5.74, 6) is 0. The van der Waals surface area contributed by atoms with Crippen molar-refractivity contribution in [3.63, 3.8) is 0 Å². The molecule has 0 aliphatic carbocycles. The minimum absolute atomic E-state index is 0.0900. The Kier molecular flexibility index (Phi) is 3.61. The second-order valence-electron chi connectivity index (χ2n) is 8.88. The maximum Gasteiger partial charge on any atom is 0.268 e. The number of hydrogen-bond acceptors (Lipinski definition) is 2. The predicted molar refractivity (Wildman–Crippen MR) is 148 cm³/mol. The molecule has 2 heterocycles. The van der Waals surface area contributed by atoms with Gasteiger partial charge < -0.3 is 4.57 Å². The van der Waals surface area contributed by atoms with E-state index in [4.69, 9.17) is 5.48 Å². The Hall–Kier alpha value is -4.35. The first-order valence-corrected chi connectivity index (χ1v) is 13.0. The van der Waals surface area contributed by atoms with Gasteiger partial charge in [0.15, 0.2) is 0 Å². The third kappa shape index (κ3) is 2.90. The summed E-state index contributed by atoms with van der Waals surface area (Å²) in [7, 11) is -3.91. The van der Waals surface area contributed by atoms with Crippen LogP contribution < -0.4 is 0 Å². The molecule has 2 aromatic heterocycles. The number of nitrogens with zero attached hydrogens (tertiary/aromatic N) is 2. The highest BCUT2D eigenvalue weighted by Crippen LogP contribution is 2.36. The van der Waals surface area contributed by atoms with Crippen molar-refractivity contribution in [3.8, 4) is 5.69 Å². The molecule has 0 saturated carbocycles. The van der Waals surface area contributed by atoms with Gasteiger partial charge in [-0.2, -0.15) is 0 Å². The number of aryl methyl sites for hydroxylation is 1. The molecule has 0 aliphatic heterocycles. The summed E-state index contributed by atoms with van der Waals surface area (Å²) >= 11 is 0. The number of para-hydroxylation sites is 3. The summed E-state index contributed by atoms with van der Waals surface area (Å²) in [5.41, 5.74) is 3.82. The largest absolute Gasteiger partial charge is 0.309 e. The number of hydrogen-bond donors (Lipinski definition) is 0. The van der Waals surface area contributed by atoms with E-state index in [-0.39, 0.29) is 29.1 Å². The van der Waals surface area contributed by atoms with Gasteiger partial charge in [-0.3, -0.25) is 0 Å². The van der Waals surface area contributed by atoms with Crippen LogP contribution in [0.3, 0.4) is 0 Å². The normalized spacial score (nSPS) is 13.8. The summed E-state index contributed by atoms with van der Waals surface area (Å²) in [6.45, 7) is 1.91. The molecule has 0 unspecified atom stereocenters. The van der Waals surface area contributed by atoms with Gasteiger partial charge in [0.1, 0.15) is 0 Å². The first kappa shape index (κ1) is 17.1. The van der Waals surface area contributed by atoms with Crippen LogP contribution in [0, 0.1) is 6.92 Å². The van der Waals surface area contributed by atoms with Crippen molar-refractivity contribution in [2.24, 2.45) is 0 Å². The fourth-order valence-corrected chi connectivity index (χ4v) is 6.60. The van der Waals surface area contributed by atoms with Gasteiger partial charge >= 0.3 is 0 Å². The van der Waals surface area contributed by atoms with Gasteiger partial charge in [0, 0.05) is 27.2 Å². The average Bonchev–Trinajstić information content (AvgIpc) is 3.48. The van der Waals surface area contributed by atoms with Gasteiger partial charge in [-0.1, -0.05) is 72.2 Å². The van der Waals surface area contributed by atoms with Crippen molar-refractivity contribution in [2.75, 3.05) is 0 Å². The standard InChI is InChI=1S/C31H22N2O2S/c1-21-14-17-23(18-15-21)36(34,35)33-30-13-7-4-10-26(30)27-20-22(16-19-31(27)33)32-28-11-5-2-8-24(28)25-9-3-6-12-29(25)32/h2-20H,1H3/i2D,5D,8D,11D. The number of benzene rings is 5. The number of aromatic nitrogens is 2. The SMILES string of the molecule is [2H]c1c([2H])c([2H])c2c(c1[2H])c1ccccc1n2-c1ccc2c(c1)c1ccccc1n2S(=O)(=O)c1ccc(C)cc1. The molecule has 0 amide bonds. The van der Waals surface area contributed by atoms with Crippen LogP contribution in [0.5, 0.6) is 0 Å². The lowest BCUT2D eigenvalue weighted by molar-refractivity contribution is 0.590. The summed E-state index contributed by atoms with van der Waals surface area (Å²) in [4.78, 5) is 0.197. The molecule has 0 aliphatic rings. The molecule has 4 nitrogen and oxygen atoms in total. The predicted octanol–water partition coefficient (Wildman–Crippen LogP) is 7.44. The van der Waals surface area contributed by atoms with Crippen molar-refractivity contribution >= 4 is 53.6 Å². The van der Waals surface area contributed by atoms with Gasteiger partial charge in [0.2, 0.25) is 0 Å². The third-order valence-corrected chi connectivity index (χ3v) is 8.48. The Morgan fingerprint density at radius 2 is 1.28 bits per heavy atom. The van der Waals surface area contributed by atoms with Crippen LogP contribution in [0.4, 0.5) is 0 Å². The number of fused-ring (bicyclic) bond motifs is 6. The highest BCUT2D eigenvalue weighted by atomic mass is 32.2. The van der Waals surface area contributed by atoms with E-state index >= 15 is 0 Å². The third-order valence-electron chi connectivity index (χ3n) is 6.73. The first-order valence-electron chi connectivity index (χ1n) is 13.6. The van der Waals surface area contributed by atoms with Gasteiger partial charge in [0.25, 0.3) is 10.0 Å². The van der Waals surface area contributed by atoms with E-state index in [1.54, 1.807) is 42.5 Å². The van der Waals surface area contributed by atoms with E-state index in [0.29, 0.717) is 33.0 Å². The highest BCUT2D eigenvalue weighted by molar-refractivity contribution is 7.90. The minimum Gasteiger partial charge on any atom is -0.309 e. The van der Waals surface area contributed by atoms with Crippen LogP contribution in [0.15, 0.2) is 120 Å². The molecular weight excluding hydrogens is 464 g/mol. The molecule has 5 heteroatoms. The molecular formula is C31H22N2O2S. The quantitative estimate of drug-likeness (QED) is 0.258. The van der Waals surface area contributed by atoms with Crippen LogP contribution in [-0.4, -0.2) is 17.0 Å².